The molecule has 7 heteroatoms. The molecule has 0 aliphatic carbocycles. The van der Waals surface area contributed by atoms with Crippen LogP contribution in [0.5, 0.6) is 0 Å². The highest BCUT2D eigenvalue weighted by molar-refractivity contribution is 6.28. The van der Waals surface area contributed by atoms with E-state index in [1.165, 1.54) is 10.8 Å². The van der Waals surface area contributed by atoms with Gasteiger partial charge in [-0.05, 0) is 56.9 Å². The van der Waals surface area contributed by atoms with Crippen molar-refractivity contribution in [1.29, 1.82) is 0 Å². The van der Waals surface area contributed by atoms with Gasteiger partial charge < -0.3 is 5.32 Å². The zero-order chi connectivity index (χ0) is 28.6. The lowest BCUT2D eigenvalue weighted by Gasteiger charge is -2.25. The van der Waals surface area contributed by atoms with Gasteiger partial charge in [-0.1, -0.05) is 70.2 Å². The van der Waals surface area contributed by atoms with Crippen molar-refractivity contribution in [1.82, 2.24) is 24.4 Å². The summed E-state index contributed by atoms with van der Waals surface area (Å²) in [6, 6.07) is 23.7. The summed E-state index contributed by atoms with van der Waals surface area (Å²) in [5.74, 6) is 2.92. The maximum atomic E-state index is 5.12. The minimum Gasteiger partial charge on any atom is -0.314 e. The molecule has 0 unspecified atom stereocenters. The summed E-state index contributed by atoms with van der Waals surface area (Å²) in [6.45, 7) is 14.8. The van der Waals surface area contributed by atoms with E-state index in [9.17, 15) is 0 Å². The molecular weight excluding hydrogens is 506 g/mol. The first-order chi connectivity index (χ1) is 19.6. The molecule has 3 aromatic heterocycles. The average molecular weight is 542 g/mol. The van der Waals surface area contributed by atoms with E-state index in [2.05, 4.69) is 109 Å². The number of para-hydroxylation sites is 2. The largest absolute Gasteiger partial charge is 0.314 e. The zero-order valence-corrected chi connectivity index (χ0v) is 24.7. The smallest absolute Gasteiger partial charge is 0.235 e. The third kappa shape index (κ3) is 3.94. The second-order valence-corrected chi connectivity index (χ2v) is 12.1. The first-order valence-electron chi connectivity index (χ1n) is 14.4. The Bertz CT molecular complexity index is 2040. The van der Waals surface area contributed by atoms with Crippen LogP contribution in [0.4, 0.5) is 0 Å². The predicted molar refractivity (Wildman–Crippen MR) is 171 cm³/mol. The van der Waals surface area contributed by atoms with Gasteiger partial charge in [-0.25, -0.2) is 20.0 Å². The fourth-order valence-corrected chi connectivity index (χ4v) is 6.13. The third-order valence-electron chi connectivity index (χ3n) is 7.93. The average Bonchev–Trinajstić information content (AvgIpc) is 3.44. The van der Waals surface area contributed by atoms with E-state index in [4.69, 9.17) is 20.0 Å². The molecule has 41 heavy (non-hydrogen) atoms. The lowest BCUT2D eigenvalue weighted by molar-refractivity contribution is 0.538. The number of aromatic nitrogens is 4. The number of benzene rings is 3. The van der Waals surface area contributed by atoms with Crippen molar-refractivity contribution in [3.05, 3.63) is 78.1 Å². The van der Waals surface area contributed by atoms with Crippen LogP contribution in [-0.4, -0.2) is 36.6 Å². The van der Waals surface area contributed by atoms with Crippen LogP contribution in [0.15, 0.2) is 76.7 Å². The molecule has 1 aliphatic heterocycles. The topological polar surface area (TPSA) is 72.4 Å². The van der Waals surface area contributed by atoms with Crippen molar-refractivity contribution in [3.63, 3.8) is 0 Å². The number of nitrogens with zero attached hydrogens (tertiary/aromatic N) is 6. The van der Waals surface area contributed by atoms with Crippen LogP contribution < -0.4 is 5.32 Å². The molecular formula is C34H35N7. The quantitative estimate of drug-likeness (QED) is 0.248. The van der Waals surface area contributed by atoms with E-state index in [1.807, 2.05) is 20.8 Å². The van der Waals surface area contributed by atoms with Crippen molar-refractivity contribution >= 4 is 55.4 Å². The van der Waals surface area contributed by atoms with Gasteiger partial charge in [0.05, 0.1) is 22.1 Å². The lowest BCUT2D eigenvalue weighted by Crippen LogP contribution is -2.41. The molecule has 0 atom stereocenters. The van der Waals surface area contributed by atoms with E-state index in [0.717, 1.165) is 56.0 Å². The summed E-state index contributed by atoms with van der Waals surface area (Å²) in [6.07, 6.45) is 0. The molecule has 0 spiro atoms. The van der Waals surface area contributed by atoms with Crippen molar-refractivity contribution < 1.29 is 0 Å². The van der Waals surface area contributed by atoms with Gasteiger partial charge in [-0.15, -0.1) is 0 Å². The third-order valence-corrected chi connectivity index (χ3v) is 7.93. The molecule has 3 aromatic carbocycles. The fraction of sp³-hybridized carbons (Fsp3) is 0.294. The Morgan fingerprint density at radius 2 is 1.29 bits per heavy atom. The van der Waals surface area contributed by atoms with Crippen molar-refractivity contribution in [2.75, 3.05) is 0 Å². The van der Waals surface area contributed by atoms with Crippen LogP contribution in [0, 0.1) is 0 Å². The van der Waals surface area contributed by atoms with Gasteiger partial charge in [0.15, 0.2) is 0 Å². The normalized spacial score (nSPS) is 15.3. The van der Waals surface area contributed by atoms with Crippen LogP contribution in [0.25, 0.3) is 49.6 Å². The Morgan fingerprint density at radius 1 is 0.683 bits per heavy atom. The van der Waals surface area contributed by atoms with Crippen molar-refractivity contribution in [3.8, 4) is 5.95 Å². The summed E-state index contributed by atoms with van der Waals surface area (Å²) in [4.78, 5) is 20.0. The van der Waals surface area contributed by atoms with Gasteiger partial charge in [0, 0.05) is 32.9 Å². The SMILES string of the molecule is CC1=NC(C)(C)N=C(n2c3ccccc3c3ccc4c(c5ccccc5n4-c4nc(C(C)C)cc(C(C)C)n4)c32)N1. The highest BCUT2D eigenvalue weighted by Gasteiger charge is 2.27. The van der Waals surface area contributed by atoms with Gasteiger partial charge in [-0.3, -0.25) is 9.13 Å². The molecule has 0 amide bonds. The number of hydrogen-bond acceptors (Lipinski definition) is 5. The van der Waals surface area contributed by atoms with Crippen LogP contribution >= 0.6 is 0 Å². The summed E-state index contributed by atoms with van der Waals surface area (Å²) in [7, 11) is 0. The van der Waals surface area contributed by atoms with E-state index in [0.29, 0.717) is 17.8 Å². The molecule has 1 aliphatic rings. The van der Waals surface area contributed by atoms with E-state index in [1.54, 1.807) is 0 Å². The van der Waals surface area contributed by atoms with Gasteiger partial charge in [0.25, 0.3) is 0 Å². The van der Waals surface area contributed by atoms with Gasteiger partial charge in [-0.2, -0.15) is 0 Å². The Hall–Kier alpha value is -4.52. The zero-order valence-electron chi connectivity index (χ0n) is 24.7. The van der Waals surface area contributed by atoms with Crippen LogP contribution in [0.2, 0.25) is 0 Å². The molecule has 1 N–H and O–H groups in total. The number of fused-ring (bicyclic) bond motifs is 7. The minimum atomic E-state index is -0.567. The highest BCUT2D eigenvalue weighted by Crippen LogP contribution is 2.40. The maximum Gasteiger partial charge on any atom is 0.235 e. The number of aliphatic imine (C=N–C) groups is 2. The summed E-state index contributed by atoms with van der Waals surface area (Å²) in [5, 5.41) is 8.15. The van der Waals surface area contributed by atoms with E-state index >= 15 is 0 Å². The van der Waals surface area contributed by atoms with Crippen LogP contribution in [0.1, 0.15) is 71.7 Å². The first-order valence-corrected chi connectivity index (χ1v) is 14.4. The number of amidine groups is 1. The molecule has 0 fully saturated rings. The molecule has 0 saturated carbocycles. The minimum absolute atomic E-state index is 0.292. The Morgan fingerprint density at radius 3 is 1.93 bits per heavy atom. The van der Waals surface area contributed by atoms with Gasteiger partial charge in [0.2, 0.25) is 11.9 Å². The summed E-state index contributed by atoms with van der Waals surface area (Å²) >= 11 is 0. The maximum absolute atomic E-state index is 5.12. The number of nitrogens with one attached hydrogen (secondary N) is 1. The molecule has 0 bridgehead atoms. The molecule has 0 radical (unpaired) electrons. The highest BCUT2D eigenvalue weighted by atomic mass is 15.3. The van der Waals surface area contributed by atoms with E-state index < -0.39 is 5.66 Å². The standard InChI is InChI=1S/C34H35N7/c1-19(2)25-18-26(20(3)4)37-32(36-25)40-28-15-11-9-13-24(28)30-29(40)17-16-23-22-12-8-10-14-27(22)41(31(23)30)33-35-21(5)38-34(6,7)39-33/h8-20H,1-7H3,(H,35,38,39). The molecule has 206 valence electrons. The van der Waals surface area contributed by atoms with Crippen molar-refractivity contribution in [2.24, 2.45) is 9.98 Å². The van der Waals surface area contributed by atoms with Crippen molar-refractivity contribution in [2.45, 2.75) is 66.0 Å². The lowest BCUT2D eigenvalue weighted by atomic mass is 10.1. The fourth-order valence-electron chi connectivity index (χ4n) is 6.13. The Labute approximate surface area is 239 Å². The molecule has 4 heterocycles. The van der Waals surface area contributed by atoms with E-state index in [-0.39, 0.29) is 0 Å². The second kappa shape index (κ2) is 8.99. The Kier molecular flexibility index (Phi) is 5.58. The summed E-state index contributed by atoms with van der Waals surface area (Å²) in [5.41, 5.74) is 5.90. The van der Waals surface area contributed by atoms with Gasteiger partial charge in [0.1, 0.15) is 11.5 Å². The monoisotopic (exact) mass is 541 g/mol. The molecule has 0 saturated heterocycles. The Balaban J connectivity index is 1.66. The van der Waals surface area contributed by atoms with Crippen LogP contribution in [0.3, 0.4) is 0 Å². The predicted octanol–water partition coefficient (Wildman–Crippen LogP) is 7.89. The first kappa shape index (κ1) is 25.4. The van der Waals surface area contributed by atoms with Crippen LogP contribution in [-0.2, 0) is 0 Å². The number of hydrogen-bond donors (Lipinski definition) is 1. The summed E-state index contributed by atoms with van der Waals surface area (Å²) < 4.78 is 4.51. The molecule has 7 nitrogen and oxygen atoms in total. The number of rotatable bonds is 3. The molecule has 7 rings (SSSR count). The molecule has 6 aromatic rings. The van der Waals surface area contributed by atoms with Gasteiger partial charge >= 0.3 is 0 Å². The second-order valence-electron chi connectivity index (χ2n) is 12.1.